The van der Waals surface area contributed by atoms with Gasteiger partial charge in [-0.25, -0.2) is 0 Å². The largest absolute Gasteiger partial charge is 0.394 e. The summed E-state index contributed by atoms with van der Waals surface area (Å²) in [4.78, 5) is 12.3. The standard InChI is InChI=1S/C35H71NO4/c1-3-5-7-9-11-13-15-16-17-18-20-22-24-26-28-30-34(39)36-32(31-37)35(40)33(38)29-27-25-23-21-19-14-12-10-8-6-4-2/h32-33,35,37-38,40H,3-31H2,1-2H3,(H,36,39)/t32-,33+,35-/m0/s1. The smallest absolute Gasteiger partial charge is 0.220 e. The molecule has 0 radical (unpaired) electrons. The van der Waals surface area contributed by atoms with E-state index in [1.165, 1.54) is 128 Å². The van der Waals surface area contributed by atoms with Crippen LogP contribution in [0.3, 0.4) is 0 Å². The highest BCUT2D eigenvalue weighted by Gasteiger charge is 2.26. The summed E-state index contributed by atoms with van der Waals surface area (Å²) in [5, 5.41) is 33.3. The lowest BCUT2D eigenvalue weighted by molar-refractivity contribution is -0.124. The fourth-order valence-electron chi connectivity index (χ4n) is 5.63. The van der Waals surface area contributed by atoms with Crippen LogP contribution in [0.2, 0.25) is 0 Å². The first-order valence-electron chi connectivity index (χ1n) is 17.8. The first kappa shape index (κ1) is 39.4. The van der Waals surface area contributed by atoms with E-state index < -0.39 is 18.2 Å². The molecular formula is C35H71NO4. The van der Waals surface area contributed by atoms with E-state index in [1.807, 2.05) is 0 Å². The third-order valence-corrected chi connectivity index (χ3v) is 8.46. The van der Waals surface area contributed by atoms with Crippen molar-refractivity contribution in [2.45, 2.75) is 212 Å². The van der Waals surface area contributed by atoms with Crippen LogP contribution in [0.1, 0.15) is 194 Å². The minimum Gasteiger partial charge on any atom is -0.394 e. The number of unbranched alkanes of at least 4 members (excludes halogenated alkanes) is 24. The topological polar surface area (TPSA) is 89.8 Å². The molecule has 4 N–H and O–H groups in total. The molecule has 3 atom stereocenters. The minimum absolute atomic E-state index is 0.144. The predicted octanol–water partition coefficient (Wildman–Crippen LogP) is 9.15. The third-order valence-electron chi connectivity index (χ3n) is 8.46. The monoisotopic (exact) mass is 570 g/mol. The van der Waals surface area contributed by atoms with Crippen LogP contribution in [0.4, 0.5) is 0 Å². The summed E-state index contributed by atoms with van der Waals surface area (Å²) in [7, 11) is 0. The zero-order valence-corrected chi connectivity index (χ0v) is 27.0. The molecule has 0 heterocycles. The quantitative estimate of drug-likeness (QED) is 0.0608. The Hall–Kier alpha value is -0.650. The third kappa shape index (κ3) is 26.3. The Morgan fingerprint density at radius 3 is 1.20 bits per heavy atom. The van der Waals surface area contributed by atoms with Gasteiger partial charge in [0.05, 0.1) is 18.8 Å². The molecule has 5 heteroatoms. The van der Waals surface area contributed by atoms with Crippen molar-refractivity contribution in [3.05, 3.63) is 0 Å². The molecule has 5 nitrogen and oxygen atoms in total. The van der Waals surface area contributed by atoms with Crippen LogP contribution in [0.15, 0.2) is 0 Å². The van der Waals surface area contributed by atoms with Gasteiger partial charge in [-0.2, -0.15) is 0 Å². The molecule has 0 aliphatic rings. The van der Waals surface area contributed by atoms with Gasteiger partial charge in [0.1, 0.15) is 6.10 Å². The van der Waals surface area contributed by atoms with Crippen molar-refractivity contribution in [3.8, 4) is 0 Å². The number of rotatable bonds is 32. The molecule has 240 valence electrons. The lowest BCUT2D eigenvalue weighted by Gasteiger charge is -2.26. The van der Waals surface area contributed by atoms with Crippen molar-refractivity contribution in [1.29, 1.82) is 0 Å². The fourth-order valence-corrected chi connectivity index (χ4v) is 5.63. The van der Waals surface area contributed by atoms with Gasteiger partial charge in [-0.15, -0.1) is 0 Å². The molecule has 0 unspecified atom stereocenters. The molecule has 0 fully saturated rings. The Morgan fingerprint density at radius 1 is 0.525 bits per heavy atom. The van der Waals surface area contributed by atoms with Crippen LogP contribution in [0, 0.1) is 0 Å². The molecule has 40 heavy (non-hydrogen) atoms. The van der Waals surface area contributed by atoms with Gasteiger partial charge in [0.25, 0.3) is 0 Å². The van der Waals surface area contributed by atoms with Gasteiger partial charge in [0, 0.05) is 6.42 Å². The van der Waals surface area contributed by atoms with Gasteiger partial charge in [-0.1, -0.05) is 174 Å². The summed E-state index contributed by atoms with van der Waals surface area (Å²) in [6, 6.07) is -0.799. The first-order valence-corrected chi connectivity index (χ1v) is 17.8. The van der Waals surface area contributed by atoms with Gasteiger partial charge >= 0.3 is 0 Å². The first-order chi connectivity index (χ1) is 19.6. The molecule has 0 aliphatic heterocycles. The molecule has 0 aromatic heterocycles. The zero-order valence-electron chi connectivity index (χ0n) is 27.0. The van der Waals surface area contributed by atoms with Crippen LogP contribution in [-0.2, 0) is 4.79 Å². The van der Waals surface area contributed by atoms with E-state index in [2.05, 4.69) is 19.2 Å². The maximum absolute atomic E-state index is 12.3. The number of amides is 1. The molecule has 1 amide bonds. The summed E-state index contributed by atoms with van der Waals surface area (Å²) in [5.74, 6) is -0.144. The molecule has 0 aromatic carbocycles. The van der Waals surface area contributed by atoms with Gasteiger partial charge in [-0.05, 0) is 12.8 Å². The van der Waals surface area contributed by atoms with E-state index in [0.29, 0.717) is 12.8 Å². The van der Waals surface area contributed by atoms with Crippen molar-refractivity contribution in [2.24, 2.45) is 0 Å². The normalized spacial score (nSPS) is 13.8. The highest BCUT2D eigenvalue weighted by molar-refractivity contribution is 5.76. The molecule has 0 saturated heterocycles. The second-order valence-corrected chi connectivity index (χ2v) is 12.4. The number of hydrogen-bond donors (Lipinski definition) is 4. The molecular weight excluding hydrogens is 498 g/mol. The Bertz CT molecular complexity index is 516. The average molecular weight is 570 g/mol. The van der Waals surface area contributed by atoms with Gasteiger partial charge in [0.2, 0.25) is 5.91 Å². The zero-order chi connectivity index (χ0) is 29.5. The van der Waals surface area contributed by atoms with Gasteiger partial charge in [-0.3, -0.25) is 4.79 Å². The highest BCUT2D eigenvalue weighted by Crippen LogP contribution is 2.16. The van der Waals surface area contributed by atoms with Crippen LogP contribution < -0.4 is 5.32 Å². The molecule has 0 spiro atoms. The number of nitrogens with one attached hydrogen (secondary N) is 1. The number of carbonyl (C=O) groups excluding carboxylic acids is 1. The summed E-state index contributed by atoms with van der Waals surface area (Å²) in [5.41, 5.74) is 0. The van der Waals surface area contributed by atoms with Crippen LogP contribution in [0.5, 0.6) is 0 Å². The number of aliphatic hydroxyl groups excluding tert-OH is 3. The minimum atomic E-state index is -1.13. The van der Waals surface area contributed by atoms with E-state index in [9.17, 15) is 20.1 Å². The van der Waals surface area contributed by atoms with Crippen molar-refractivity contribution in [1.82, 2.24) is 5.32 Å². The molecule has 0 saturated carbocycles. The summed E-state index contributed by atoms with van der Waals surface area (Å²) < 4.78 is 0. The number of hydrogen-bond acceptors (Lipinski definition) is 4. The van der Waals surface area contributed by atoms with Crippen molar-refractivity contribution in [3.63, 3.8) is 0 Å². The Labute approximate surface area is 249 Å². The molecule has 0 aromatic rings. The fraction of sp³-hybridized carbons (Fsp3) is 0.971. The Kier molecular flexibility index (Phi) is 30.8. The second-order valence-electron chi connectivity index (χ2n) is 12.4. The van der Waals surface area contributed by atoms with Crippen molar-refractivity contribution < 1.29 is 20.1 Å². The lowest BCUT2D eigenvalue weighted by Crippen LogP contribution is -2.50. The Morgan fingerprint density at radius 2 is 0.850 bits per heavy atom. The number of aliphatic hydroxyl groups is 3. The van der Waals surface area contributed by atoms with Gasteiger partial charge < -0.3 is 20.6 Å². The SMILES string of the molecule is CCCCCCCCCCCCCCCCCC(=O)N[C@@H](CO)[C@H](O)[C@H](O)CCCCCCCCCCCCC. The summed E-state index contributed by atoms with van der Waals surface area (Å²) in [6.07, 6.45) is 31.9. The average Bonchev–Trinajstić information content (AvgIpc) is 2.96. The van der Waals surface area contributed by atoms with Crippen LogP contribution >= 0.6 is 0 Å². The van der Waals surface area contributed by atoms with Crippen LogP contribution in [-0.4, -0.2) is 46.1 Å². The van der Waals surface area contributed by atoms with Crippen molar-refractivity contribution >= 4 is 5.91 Å². The van der Waals surface area contributed by atoms with Crippen LogP contribution in [0.25, 0.3) is 0 Å². The van der Waals surface area contributed by atoms with E-state index in [4.69, 9.17) is 0 Å². The molecule has 0 bridgehead atoms. The Balaban J connectivity index is 3.66. The van der Waals surface area contributed by atoms with E-state index in [-0.39, 0.29) is 12.5 Å². The predicted molar refractivity (Wildman–Crippen MR) is 172 cm³/mol. The van der Waals surface area contributed by atoms with E-state index in [0.717, 1.165) is 38.5 Å². The van der Waals surface area contributed by atoms with E-state index >= 15 is 0 Å². The second kappa shape index (κ2) is 31.3. The summed E-state index contributed by atoms with van der Waals surface area (Å²) >= 11 is 0. The number of carbonyl (C=O) groups is 1. The maximum atomic E-state index is 12.3. The van der Waals surface area contributed by atoms with Crippen molar-refractivity contribution in [2.75, 3.05) is 6.61 Å². The van der Waals surface area contributed by atoms with Gasteiger partial charge in [0.15, 0.2) is 0 Å². The molecule has 0 aliphatic carbocycles. The summed E-state index contributed by atoms with van der Waals surface area (Å²) in [6.45, 7) is 4.16. The highest BCUT2D eigenvalue weighted by atomic mass is 16.3. The lowest BCUT2D eigenvalue weighted by atomic mass is 9.99. The molecule has 0 rings (SSSR count). The maximum Gasteiger partial charge on any atom is 0.220 e. The van der Waals surface area contributed by atoms with E-state index in [1.54, 1.807) is 0 Å².